The molecule has 2 aromatic rings. The van der Waals surface area contributed by atoms with Gasteiger partial charge in [-0.1, -0.05) is 12.1 Å². The highest BCUT2D eigenvalue weighted by Gasteiger charge is 2.28. The molecule has 26 heavy (non-hydrogen) atoms. The summed E-state index contributed by atoms with van der Waals surface area (Å²) in [6.45, 7) is 1.13. The van der Waals surface area contributed by atoms with Gasteiger partial charge in [-0.15, -0.1) is 0 Å². The van der Waals surface area contributed by atoms with E-state index in [4.69, 9.17) is 10.5 Å². The molecule has 0 atom stereocenters. The Morgan fingerprint density at radius 3 is 2.38 bits per heavy atom. The smallest absolute Gasteiger partial charge is 0.253 e. The first-order valence-corrected chi connectivity index (χ1v) is 8.67. The minimum Gasteiger partial charge on any atom is -0.495 e. The topological polar surface area (TPSA) is 84.7 Å². The standard InChI is InChI=1S/C20H23N3O3/c1-26-18-5-3-2-4-17(18)22-19(24)14-10-12-23(13-11-14)20(25)15-6-8-16(21)9-7-15/h2-9,14H,10-13,21H2,1H3,(H,22,24). The zero-order valence-electron chi connectivity index (χ0n) is 14.8. The number of anilines is 2. The summed E-state index contributed by atoms with van der Waals surface area (Å²) in [7, 11) is 1.58. The molecular formula is C20H23N3O3. The van der Waals surface area contributed by atoms with Gasteiger partial charge in [0, 0.05) is 30.3 Å². The molecule has 0 aromatic heterocycles. The molecule has 3 N–H and O–H groups in total. The van der Waals surface area contributed by atoms with E-state index in [-0.39, 0.29) is 17.7 Å². The summed E-state index contributed by atoms with van der Waals surface area (Å²) in [5.74, 6) is 0.467. The van der Waals surface area contributed by atoms with E-state index in [0.29, 0.717) is 48.6 Å². The van der Waals surface area contributed by atoms with Gasteiger partial charge < -0.3 is 20.7 Å². The third kappa shape index (κ3) is 3.96. The number of ether oxygens (including phenoxy) is 1. The van der Waals surface area contributed by atoms with Crippen LogP contribution in [0.25, 0.3) is 0 Å². The zero-order valence-corrected chi connectivity index (χ0v) is 14.8. The van der Waals surface area contributed by atoms with E-state index in [0.717, 1.165) is 0 Å². The Labute approximate surface area is 152 Å². The van der Waals surface area contributed by atoms with E-state index in [9.17, 15) is 9.59 Å². The average molecular weight is 353 g/mol. The summed E-state index contributed by atoms with van der Waals surface area (Å²) in [5.41, 5.74) is 7.58. The SMILES string of the molecule is COc1ccccc1NC(=O)C1CCN(C(=O)c2ccc(N)cc2)CC1. The van der Waals surface area contributed by atoms with Crippen LogP contribution in [0.1, 0.15) is 23.2 Å². The predicted octanol–water partition coefficient (Wildman–Crippen LogP) is 2.77. The number of hydrogen-bond donors (Lipinski definition) is 2. The van der Waals surface area contributed by atoms with Gasteiger partial charge in [-0.25, -0.2) is 0 Å². The van der Waals surface area contributed by atoms with E-state index in [2.05, 4.69) is 5.32 Å². The number of para-hydroxylation sites is 2. The fraction of sp³-hybridized carbons (Fsp3) is 0.300. The minimum atomic E-state index is -0.115. The lowest BCUT2D eigenvalue weighted by Crippen LogP contribution is -2.41. The van der Waals surface area contributed by atoms with Crippen LogP contribution in [-0.2, 0) is 4.79 Å². The molecule has 1 aliphatic rings. The molecule has 0 unspecified atom stereocenters. The Hall–Kier alpha value is -3.02. The van der Waals surface area contributed by atoms with Gasteiger partial charge in [0.25, 0.3) is 5.91 Å². The van der Waals surface area contributed by atoms with Gasteiger partial charge in [0.15, 0.2) is 0 Å². The van der Waals surface area contributed by atoms with Crippen LogP contribution in [0.15, 0.2) is 48.5 Å². The van der Waals surface area contributed by atoms with Crippen LogP contribution in [0.2, 0.25) is 0 Å². The number of rotatable bonds is 4. The van der Waals surface area contributed by atoms with Gasteiger partial charge in [-0.05, 0) is 49.2 Å². The number of carbonyl (C=O) groups is 2. The molecule has 2 amide bonds. The predicted molar refractivity (Wildman–Crippen MR) is 101 cm³/mol. The number of carbonyl (C=O) groups excluding carboxylic acids is 2. The van der Waals surface area contributed by atoms with Crippen molar-refractivity contribution in [2.24, 2.45) is 5.92 Å². The average Bonchev–Trinajstić information content (AvgIpc) is 2.68. The maximum Gasteiger partial charge on any atom is 0.253 e. The van der Waals surface area contributed by atoms with Crippen molar-refractivity contribution in [2.45, 2.75) is 12.8 Å². The van der Waals surface area contributed by atoms with Gasteiger partial charge in [-0.3, -0.25) is 9.59 Å². The molecule has 2 aromatic carbocycles. The van der Waals surface area contributed by atoms with E-state index in [1.807, 2.05) is 24.3 Å². The molecule has 1 saturated heterocycles. The Morgan fingerprint density at radius 1 is 1.08 bits per heavy atom. The number of hydrogen-bond acceptors (Lipinski definition) is 4. The molecule has 0 radical (unpaired) electrons. The third-order valence-electron chi connectivity index (χ3n) is 4.68. The van der Waals surface area contributed by atoms with E-state index in [1.165, 1.54) is 0 Å². The Bertz CT molecular complexity index is 781. The van der Waals surface area contributed by atoms with Crippen molar-refractivity contribution in [3.63, 3.8) is 0 Å². The first kappa shape index (κ1) is 17.8. The summed E-state index contributed by atoms with van der Waals surface area (Å²) in [6.07, 6.45) is 1.28. The lowest BCUT2D eigenvalue weighted by Gasteiger charge is -2.31. The number of benzene rings is 2. The summed E-state index contributed by atoms with van der Waals surface area (Å²) >= 11 is 0. The van der Waals surface area contributed by atoms with Crippen molar-refractivity contribution < 1.29 is 14.3 Å². The van der Waals surface area contributed by atoms with Crippen LogP contribution >= 0.6 is 0 Å². The van der Waals surface area contributed by atoms with Crippen LogP contribution in [0.5, 0.6) is 5.75 Å². The van der Waals surface area contributed by atoms with Gasteiger partial charge in [-0.2, -0.15) is 0 Å². The maximum atomic E-state index is 12.5. The van der Waals surface area contributed by atoms with Gasteiger partial charge in [0.2, 0.25) is 5.91 Å². The fourth-order valence-corrected chi connectivity index (χ4v) is 3.14. The maximum absolute atomic E-state index is 12.5. The number of nitrogen functional groups attached to an aromatic ring is 1. The number of nitrogens with one attached hydrogen (secondary N) is 1. The molecule has 0 aliphatic carbocycles. The monoisotopic (exact) mass is 353 g/mol. The summed E-state index contributed by atoms with van der Waals surface area (Å²) in [5, 5.41) is 2.93. The largest absolute Gasteiger partial charge is 0.495 e. The zero-order chi connectivity index (χ0) is 18.5. The first-order chi connectivity index (χ1) is 12.6. The van der Waals surface area contributed by atoms with Gasteiger partial charge in [0.1, 0.15) is 5.75 Å². The molecule has 1 heterocycles. The molecule has 3 rings (SSSR count). The molecule has 136 valence electrons. The normalized spacial score (nSPS) is 14.7. The number of nitrogens with two attached hydrogens (primary N) is 1. The van der Waals surface area contributed by atoms with Crippen LogP contribution in [0, 0.1) is 5.92 Å². The van der Waals surface area contributed by atoms with Crippen LogP contribution < -0.4 is 15.8 Å². The van der Waals surface area contributed by atoms with Crippen molar-refractivity contribution in [2.75, 3.05) is 31.2 Å². The minimum absolute atomic E-state index is 0.0198. The highest BCUT2D eigenvalue weighted by Crippen LogP contribution is 2.26. The third-order valence-corrected chi connectivity index (χ3v) is 4.68. The van der Waals surface area contributed by atoms with Crippen LogP contribution in [0.4, 0.5) is 11.4 Å². The first-order valence-electron chi connectivity index (χ1n) is 8.67. The molecule has 6 nitrogen and oxygen atoms in total. The summed E-state index contributed by atoms with van der Waals surface area (Å²) < 4.78 is 5.26. The van der Waals surface area contributed by atoms with E-state index >= 15 is 0 Å². The molecule has 0 saturated carbocycles. The summed E-state index contributed by atoms with van der Waals surface area (Å²) in [6, 6.07) is 14.2. The quantitative estimate of drug-likeness (QED) is 0.828. The molecule has 0 bridgehead atoms. The Kier molecular flexibility index (Phi) is 5.41. The second-order valence-corrected chi connectivity index (χ2v) is 6.38. The number of methoxy groups -OCH3 is 1. The van der Waals surface area contributed by atoms with Crippen molar-refractivity contribution in [1.82, 2.24) is 4.90 Å². The number of likely N-dealkylation sites (tertiary alicyclic amines) is 1. The highest BCUT2D eigenvalue weighted by molar-refractivity contribution is 5.96. The number of nitrogens with zero attached hydrogens (tertiary/aromatic N) is 1. The summed E-state index contributed by atoms with van der Waals surface area (Å²) in [4.78, 5) is 26.9. The lowest BCUT2D eigenvalue weighted by atomic mass is 9.95. The van der Waals surface area contributed by atoms with E-state index in [1.54, 1.807) is 36.3 Å². The van der Waals surface area contributed by atoms with E-state index < -0.39 is 0 Å². The molecule has 1 aliphatic heterocycles. The van der Waals surface area contributed by atoms with Crippen molar-refractivity contribution in [1.29, 1.82) is 0 Å². The lowest BCUT2D eigenvalue weighted by molar-refractivity contribution is -0.121. The van der Waals surface area contributed by atoms with Crippen molar-refractivity contribution in [3.05, 3.63) is 54.1 Å². The second-order valence-electron chi connectivity index (χ2n) is 6.38. The molecule has 1 fully saturated rings. The van der Waals surface area contributed by atoms with Crippen molar-refractivity contribution >= 4 is 23.2 Å². The van der Waals surface area contributed by atoms with Gasteiger partial charge in [0.05, 0.1) is 12.8 Å². The fourth-order valence-electron chi connectivity index (χ4n) is 3.14. The molecule has 6 heteroatoms. The van der Waals surface area contributed by atoms with Crippen molar-refractivity contribution in [3.8, 4) is 5.75 Å². The Morgan fingerprint density at radius 2 is 1.73 bits per heavy atom. The van der Waals surface area contributed by atoms with Crippen LogP contribution in [-0.4, -0.2) is 36.9 Å². The molecule has 0 spiro atoms. The van der Waals surface area contributed by atoms with Crippen LogP contribution in [0.3, 0.4) is 0 Å². The number of amides is 2. The highest BCUT2D eigenvalue weighted by atomic mass is 16.5. The number of piperidine rings is 1. The molecular weight excluding hydrogens is 330 g/mol. The van der Waals surface area contributed by atoms with Gasteiger partial charge >= 0.3 is 0 Å². The Balaban J connectivity index is 1.57. The second kappa shape index (κ2) is 7.91.